The lowest BCUT2D eigenvalue weighted by Gasteiger charge is -2.09. The fraction of sp³-hybridized carbons (Fsp3) is 0.154. The van der Waals surface area contributed by atoms with Gasteiger partial charge in [0.15, 0.2) is 0 Å². The first kappa shape index (κ1) is 15.3. The molecule has 0 unspecified atom stereocenters. The van der Waals surface area contributed by atoms with Crippen LogP contribution in [0.5, 0.6) is 0 Å². The number of aromatic nitrogens is 2. The summed E-state index contributed by atoms with van der Waals surface area (Å²) < 4.78 is 5.81. The van der Waals surface area contributed by atoms with Crippen LogP contribution in [-0.4, -0.2) is 22.6 Å². The van der Waals surface area contributed by atoms with Crippen molar-refractivity contribution < 1.29 is 9.53 Å². The van der Waals surface area contributed by atoms with Crippen LogP contribution in [0.3, 0.4) is 0 Å². The molecule has 2 rings (SSSR count). The van der Waals surface area contributed by atoms with Gasteiger partial charge >= 0.3 is 11.7 Å². The summed E-state index contributed by atoms with van der Waals surface area (Å²) in [5.74, 6) is -0.514. The largest absolute Gasteiger partial charge is 0.465 e. The van der Waals surface area contributed by atoms with Crippen LogP contribution in [0.1, 0.15) is 15.9 Å². The number of nitrogens with one attached hydrogen (secondary N) is 1. The topological polar surface area (TPSA) is 81.2 Å². The molecule has 21 heavy (non-hydrogen) atoms. The third-order valence-corrected chi connectivity index (χ3v) is 3.41. The Balaban J connectivity index is 2.44. The zero-order valence-electron chi connectivity index (χ0n) is 10.9. The fourth-order valence-corrected chi connectivity index (χ4v) is 2.07. The first-order valence-corrected chi connectivity index (χ1v) is 6.54. The number of esters is 1. The number of benzene rings is 1. The van der Waals surface area contributed by atoms with E-state index in [0.29, 0.717) is 16.1 Å². The Kier molecular flexibility index (Phi) is 4.50. The summed E-state index contributed by atoms with van der Waals surface area (Å²) >= 11 is 11.7. The Morgan fingerprint density at radius 2 is 2.00 bits per heavy atom. The van der Waals surface area contributed by atoms with Gasteiger partial charge in [-0.3, -0.25) is 14.3 Å². The Hall–Kier alpha value is -2.05. The average molecular weight is 329 g/mol. The molecule has 0 atom stereocenters. The second-order valence-electron chi connectivity index (χ2n) is 4.16. The number of methoxy groups -OCH3 is 1. The number of aromatic amines is 1. The lowest BCUT2D eigenvalue weighted by atomic mass is 10.1. The Morgan fingerprint density at radius 1 is 1.29 bits per heavy atom. The van der Waals surface area contributed by atoms with Crippen molar-refractivity contribution in [2.75, 3.05) is 7.11 Å². The van der Waals surface area contributed by atoms with Gasteiger partial charge in [0, 0.05) is 11.2 Å². The number of carbonyl (C=O) groups excluding carboxylic acids is 1. The number of nitrogens with zero attached hydrogens (tertiary/aromatic N) is 1. The van der Waals surface area contributed by atoms with Gasteiger partial charge in [0.25, 0.3) is 5.56 Å². The molecule has 0 bridgehead atoms. The molecule has 0 saturated heterocycles. The van der Waals surface area contributed by atoms with Gasteiger partial charge in [0.2, 0.25) is 0 Å². The van der Waals surface area contributed by atoms with Crippen molar-refractivity contribution in [3.63, 3.8) is 0 Å². The van der Waals surface area contributed by atoms with Crippen molar-refractivity contribution in [3.8, 4) is 0 Å². The molecule has 1 heterocycles. The quantitative estimate of drug-likeness (QED) is 0.869. The summed E-state index contributed by atoms with van der Waals surface area (Å²) in [5.41, 5.74) is -0.457. The highest BCUT2D eigenvalue weighted by atomic mass is 35.5. The van der Waals surface area contributed by atoms with Gasteiger partial charge in [-0.05, 0) is 23.8 Å². The van der Waals surface area contributed by atoms with Gasteiger partial charge in [0.1, 0.15) is 5.02 Å². The van der Waals surface area contributed by atoms with E-state index in [0.717, 1.165) is 0 Å². The SMILES string of the molecule is COC(=O)c1ccc(Cl)c(Cn2cc(Cl)c(=O)[nH]c2=O)c1. The van der Waals surface area contributed by atoms with E-state index in [1.807, 2.05) is 0 Å². The summed E-state index contributed by atoms with van der Waals surface area (Å²) in [6, 6.07) is 4.56. The van der Waals surface area contributed by atoms with Gasteiger partial charge in [-0.15, -0.1) is 0 Å². The third kappa shape index (κ3) is 3.34. The smallest absolute Gasteiger partial charge is 0.337 e. The zero-order chi connectivity index (χ0) is 15.6. The molecule has 0 aliphatic carbocycles. The summed E-state index contributed by atoms with van der Waals surface area (Å²) in [6.45, 7) is 0.0546. The molecule has 0 radical (unpaired) electrons. The molecule has 1 N–H and O–H groups in total. The second kappa shape index (κ2) is 6.15. The zero-order valence-corrected chi connectivity index (χ0v) is 12.4. The number of ether oxygens (including phenoxy) is 1. The van der Waals surface area contributed by atoms with Crippen LogP contribution >= 0.6 is 23.2 Å². The number of hydrogen-bond acceptors (Lipinski definition) is 4. The van der Waals surface area contributed by atoms with E-state index in [1.165, 1.54) is 36.1 Å². The summed E-state index contributed by atoms with van der Waals surface area (Å²) in [6.07, 6.45) is 1.21. The molecular weight excluding hydrogens is 319 g/mol. The molecule has 110 valence electrons. The molecular formula is C13H10Cl2N2O4. The Labute approximate surface area is 128 Å². The highest BCUT2D eigenvalue weighted by Gasteiger charge is 2.11. The maximum Gasteiger partial charge on any atom is 0.337 e. The number of halogens is 2. The van der Waals surface area contributed by atoms with Gasteiger partial charge in [-0.1, -0.05) is 23.2 Å². The molecule has 0 fully saturated rings. The predicted molar refractivity (Wildman–Crippen MR) is 78.2 cm³/mol. The van der Waals surface area contributed by atoms with Crippen LogP contribution in [-0.2, 0) is 11.3 Å². The molecule has 6 nitrogen and oxygen atoms in total. The maximum atomic E-state index is 11.7. The highest BCUT2D eigenvalue weighted by Crippen LogP contribution is 2.19. The van der Waals surface area contributed by atoms with Crippen molar-refractivity contribution in [2.45, 2.75) is 6.54 Å². The van der Waals surface area contributed by atoms with E-state index < -0.39 is 17.2 Å². The molecule has 0 amide bonds. The molecule has 2 aromatic rings. The average Bonchev–Trinajstić information content (AvgIpc) is 2.46. The molecule has 1 aromatic carbocycles. The lowest BCUT2D eigenvalue weighted by molar-refractivity contribution is 0.0600. The van der Waals surface area contributed by atoms with Crippen molar-refractivity contribution in [1.82, 2.24) is 9.55 Å². The first-order chi connectivity index (χ1) is 9.92. The fourth-order valence-electron chi connectivity index (χ4n) is 1.72. The number of H-pyrrole nitrogens is 1. The second-order valence-corrected chi connectivity index (χ2v) is 4.98. The Morgan fingerprint density at radius 3 is 2.67 bits per heavy atom. The minimum absolute atomic E-state index is 0.0546. The number of hydrogen-bond donors (Lipinski definition) is 1. The molecule has 8 heteroatoms. The summed E-state index contributed by atoms with van der Waals surface area (Å²) in [4.78, 5) is 36.5. The minimum Gasteiger partial charge on any atom is -0.465 e. The minimum atomic E-state index is -0.660. The van der Waals surface area contributed by atoms with E-state index >= 15 is 0 Å². The number of rotatable bonds is 3. The van der Waals surface area contributed by atoms with E-state index in [1.54, 1.807) is 0 Å². The van der Waals surface area contributed by atoms with Crippen LogP contribution in [0, 0.1) is 0 Å². The van der Waals surface area contributed by atoms with Crippen molar-refractivity contribution in [1.29, 1.82) is 0 Å². The van der Waals surface area contributed by atoms with E-state index in [4.69, 9.17) is 23.2 Å². The van der Waals surface area contributed by atoms with Crippen LogP contribution < -0.4 is 11.2 Å². The van der Waals surface area contributed by atoms with Gasteiger partial charge < -0.3 is 4.74 Å². The molecule has 0 saturated carbocycles. The van der Waals surface area contributed by atoms with Crippen LogP contribution in [0.25, 0.3) is 0 Å². The van der Waals surface area contributed by atoms with Gasteiger partial charge in [0.05, 0.1) is 19.2 Å². The molecule has 1 aromatic heterocycles. The first-order valence-electron chi connectivity index (χ1n) is 5.78. The molecule has 0 aliphatic rings. The van der Waals surface area contributed by atoms with Gasteiger partial charge in [-0.2, -0.15) is 0 Å². The monoisotopic (exact) mass is 328 g/mol. The van der Waals surface area contributed by atoms with Gasteiger partial charge in [-0.25, -0.2) is 9.59 Å². The van der Waals surface area contributed by atoms with E-state index in [2.05, 4.69) is 9.72 Å². The van der Waals surface area contributed by atoms with Crippen LogP contribution in [0.15, 0.2) is 34.0 Å². The predicted octanol–water partition coefficient (Wildman–Crippen LogP) is 1.68. The number of carbonyl (C=O) groups is 1. The maximum absolute atomic E-state index is 11.7. The summed E-state index contributed by atoms with van der Waals surface area (Å²) in [5, 5.41) is 0.256. The van der Waals surface area contributed by atoms with Crippen LogP contribution in [0.2, 0.25) is 10.0 Å². The summed E-state index contributed by atoms with van der Waals surface area (Å²) in [7, 11) is 1.27. The third-order valence-electron chi connectivity index (χ3n) is 2.77. The standard InChI is InChI=1S/C13H10Cl2N2O4/c1-21-12(19)7-2-3-9(14)8(4-7)5-17-6-10(15)11(18)16-13(17)20/h2-4,6H,5H2,1H3,(H,16,18,20). The van der Waals surface area contributed by atoms with Crippen molar-refractivity contribution in [3.05, 3.63) is 66.4 Å². The molecule has 0 spiro atoms. The van der Waals surface area contributed by atoms with Crippen molar-refractivity contribution >= 4 is 29.2 Å². The van der Waals surface area contributed by atoms with E-state index in [-0.39, 0.29) is 11.6 Å². The van der Waals surface area contributed by atoms with E-state index in [9.17, 15) is 14.4 Å². The molecule has 0 aliphatic heterocycles. The Bertz CT molecular complexity index is 811. The van der Waals surface area contributed by atoms with Crippen molar-refractivity contribution in [2.24, 2.45) is 0 Å². The normalized spacial score (nSPS) is 10.4. The highest BCUT2D eigenvalue weighted by molar-refractivity contribution is 6.31. The lowest BCUT2D eigenvalue weighted by Crippen LogP contribution is -2.30. The van der Waals surface area contributed by atoms with Crippen LogP contribution in [0.4, 0.5) is 0 Å².